The number of nitrogens with zero attached hydrogens (tertiary/aromatic N) is 1. The highest BCUT2D eigenvalue weighted by molar-refractivity contribution is 5.17. The summed E-state index contributed by atoms with van der Waals surface area (Å²) in [6.07, 6.45) is 4.47. The van der Waals surface area contributed by atoms with Gasteiger partial charge >= 0.3 is 0 Å². The second-order valence-electron chi connectivity index (χ2n) is 5.92. The third-order valence-corrected chi connectivity index (χ3v) is 4.05. The third-order valence-electron chi connectivity index (χ3n) is 4.05. The zero-order valence-corrected chi connectivity index (χ0v) is 12.1. The summed E-state index contributed by atoms with van der Waals surface area (Å²) in [5.41, 5.74) is 1.31. The average molecular weight is 250 g/mol. The van der Waals surface area contributed by atoms with Gasteiger partial charge in [-0.05, 0) is 38.8 Å². The second-order valence-corrected chi connectivity index (χ2v) is 5.92. The fraction of sp³-hybridized carbons (Fsp3) is 0.733. The lowest BCUT2D eigenvalue weighted by molar-refractivity contribution is 0.186. The van der Waals surface area contributed by atoms with Gasteiger partial charge in [0.25, 0.3) is 0 Å². The lowest BCUT2D eigenvalue weighted by atomic mass is 10.0. The highest BCUT2D eigenvalue weighted by Crippen LogP contribution is 2.21. The molecule has 102 valence electrons. The van der Waals surface area contributed by atoms with Gasteiger partial charge in [-0.15, -0.1) is 0 Å². The van der Waals surface area contributed by atoms with Crippen molar-refractivity contribution in [2.45, 2.75) is 58.8 Å². The van der Waals surface area contributed by atoms with Gasteiger partial charge in [-0.1, -0.05) is 13.8 Å². The minimum absolute atomic E-state index is 0.569. The number of furan rings is 1. The predicted molar refractivity (Wildman–Crippen MR) is 74.3 cm³/mol. The van der Waals surface area contributed by atoms with Crippen LogP contribution in [-0.2, 0) is 13.1 Å². The van der Waals surface area contributed by atoms with E-state index in [1.165, 1.54) is 18.4 Å². The van der Waals surface area contributed by atoms with E-state index >= 15 is 0 Å². The normalized spacial score (nSPS) is 17.7. The molecule has 1 aromatic rings. The predicted octanol–water partition coefficient (Wildman–Crippen LogP) is 3.01. The Balaban J connectivity index is 1.89. The highest BCUT2D eigenvalue weighted by Gasteiger charge is 2.21. The number of hydrogen-bond acceptors (Lipinski definition) is 3. The van der Waals surface area contributed by atoms with Crippen molar-refractivity contribution in [2.24, 2.45) is 5.92 Å². The van der Waals surface area contributed by atoms with Gasteiger partial charge in [-0.25, -0.2) is 0 Å². The van der Waals surface area contributed by atoms with Crippen molar-refractivity contribution in [2.75, 3.05) is 7.05 Å². The molecule has 0 saturated heterocycles. The molecule has 0 aromatic carbocycles. The minimum atomic E-state index is 0.569. The molecule has 0 aliphatic heterocycles. The Morgan fingerprint density at radius 2 is 2.11 bits per heavy atom. The van der Waals surface area contributed by atoms with Crippen molar-refractivity contribution >= 4 is 0 Å². The molecule has 1 N–H and O–H groups in total. The molecule has 0 amide bonds. The number of rotatable bonds is 7. The van der Waals surface area contributed by atoms with Crippen LogP contribution in [0.5, 0.6) is 0 Å². The fourth-order valence-electron chi connectivity index (χ4n) is 2.08. The zero-order chi connectivity index (χ0) is 13.1. The molecule has 2 rings (SSSR count). The summed E-state index contributed by atoms with van der Waals surface area (Å²) in [4.78, 5) is 2.37. The van der Waals surface area contributed by atoms with E-state index in [1.807, 2.05) is 6.26 Å². The van der Waals surface area contributed by atoms with Crippen LogP contribution in [0.4, 0.5) is 0 Å². The van der Waals surface area contributed by atoms with Gasteiger partial charge in [-0.3, -0.25) is 4.90 Å². The summed E-state index contributed by atoms with van der Waals surface area (Å²) < 4.78 is 5.64. The Hall–Kier alpha value is -0.800. The molecule has 3 nitrogen and oxygen atoms in total. The van der Waals surface area contributed by atoms with E-state index in [0.29, 0.717) is 12.0 Å². The molecule has 1 heterocycles. The fourth-order valence-corrected chi connectivity index (χ4v) is 2.08. The van der Waals surface area contributed by atoms with Gasteiger partial charge < -0.3 is 9.73 Å². The van der Waals surface area contributed by atoms with Crippen LogP contribution >= 0.6 is 0 Å². The largest absolute Gasteiger partial charge is 0.468 e. The monoisotopic (exact) mass is 250 g/mol. The topological polar surface area (TPSA) is 28.4 Å². The van der Waals surface area contributed by atoms with Gasteiger partial charge in [0.2, 0.25) is 0 Å². The molecule has 1 aromatic heterocycles. The van der Waals surface area contributed by atoms with Crippen LogP contribution in [0.15, 0.2) is 16.7 Å². The molecular formula is C15H26N2O. The zero-order valence-electron chi connectivity index (χ0n) is 12.1. The average Bonchev–Trinajstić information content (AvgIpc) is 3.06. The number of hydrogen-bond donors (Lipinski definition) is 1. The first kappa shape index (κ1) is 13.6. The van der Waals surface area contributed by atoms with Crippen LogP contribution in [0.2, 0.25) is 0 Å². The Morgan fingerprint density at radius 1 is 1.39 bits per heavy atom. The van der Waals surface area contributed by atoms with Gasteiger partial charge in [-0.2, -0.15) is 0 Å². The van der Waals surface area contributed by atoms with Crippen LogP contribution in [0, 0.1) is 5.92 Å². The molecule has 18 heavy (non-hydrogen) atoms. The van der Waals surface area contributed by atoms with E-state index in [4.69, 9.17) is 4.42 Å². The van der Waals surface area contributed by atoms with Crippen molar-refractivity contribution in [3.8, 4) is 0 Å². The summed E-state index contributed by atoms with van der Waals surface area (Å²) >= 11 is 0. The van der Waals surface area contributed by atoms with E-state index in [-0.39, 0.29) is 0 Å². The summed E-state index contributed by atoms with van der Waals surface area (Å²) in [5.74, 6) is 1.77. The molecule has 0 bridgehead atoms. The van der Waals surface area contributed by atoms with Crippen molar-refractivity contribution in [1.82, 2.24) is 10.2 Å². The van der Waals surface area contributed by atoms with Gasteiger partial charge in [0, 0.05) is 24.2 Å². The minimum Gasteiger partial charge on any atom is -0.468 e. The van der Waals surface area contributed by atoms with Gasteiger partial charge in [0.15, 0.2) is 0 Å². The third kappa shape index (κ3) is 3.59. The van der Waals surface area contributed by atoms with Crippen LogP contribution in [0.3, 0.4) is 0 Å². The second kappa shape index (κ2) is 5.89. The quantitative estimate of drug-likeness (QED) is 0.806. The molecular weight excluding hydrogens is 224 g/mol. The summed E-state index contributed by atoms with van der Waals surface area (Å²) in [5, 5.41) is 3.55. The highest BCUT2D eigenvalue weighted by atomic mass is 16.3. The Bertz CT molecular complexity index is 368. The summed E-state index contributed by atoms with van der Waals surface area (Å²) in [6.45, 7) is 8.64. The van der Waals surface area contributed by atoms with Crippen molar-refractivity contribution in [1.29, 1.82) is 0 Å². The maximum atomic E-state index is 5.64. The molecule has 1 aliphatic rings. The van der Waals surface area contributed by atoms with E-state index in [1.54, 1.807) is 0 Å². The van der Waals surface area contributed by atoms with Crippen LogP contribution in [0.25, 0.3) is 0 Å². The van der Waals surface area contributed by atoms with E-state index in [2.05, 4.69) is 44.1 Å². The Morgan fingerprint density at radius 3 is 2.72 bits per heavy atom. The van der Waals surface area contributed by atoms with Crippen LogP contribution in [-0.4, -0.2) is 24.0 Å². The maximum absolute atomic E-state index is 5.64. The van der Waals surface area contributed by atoms with E-state index in [9.17, 15) is 0 Å². The van der Waals surface area contributed by atoms with Crippen molar-refractivity contribution < 1.29 is 4.42 Å². The number of nitrogens with one attached hydrogen (secondary N) is 1. The van der Waals surface area contributed by atoms with Crippen molar-refractivity contribution in [3.63, 3.8) is 0 Å². The van der Waals surface area contributed by atoms with Gasteiger partial charge in [0.05, 0.1) is 12.8 Å². The van der Waals surface area contributed by atoms with E-state index < -0.39 is 0 Å². The standard InChI is InChI=1S/C15H26N2O/c1-11(2)12(3)17(4)10-15-13(7-8-18-15)9-16-14-5-6-14/h7-8,11-12,14,16H,5-6,9-10H2,1-4H3. The lowest BCUT2D eigenvalue weighted by Gasteiger charge is -2.27. The molecule has 0 radical (unpaired) electrons. The van der Waals surface area contributed by atoms with E-state index in [0.717, 1.165) is 24.9 Å². The smallest absolute Gasteiger partial charge is 0.122 e. The van der Waals surface area contributed by atoms with Crippen LogP contribution < -0.4 is 5.32 Å². The van der Waals surface area contributed by atoms with Gasteiger partial charge in [0.1, 0.15) is 5.76 Å². The molecule has 1 aliphatic carbocycles. The Kier molecular flexibility index (Phi) is 4.46. The molecule has 0 spiro atoms. The molecule has 1 fully saturated rings. The first-order valence-corrected chi connectivity index (χ1v) is 7.06. The summed E-state index contributed by atoms with van der Waals surface area (Å²) in [6, 6.07) is 3.41. The molecule has 1 unspecified atom stereocenters. The Labute approximate surface area is 111 Å². The SMILES string of the molecule is CC(C)C(C)N(C)Cc1occc1CNC1CC1. The first-order valence-electron chi connectivity index (χ1n) is 7.06. The first-order chi connectivity index (χ1) is 8.58. The molecule has 1 saturated carbocycles. The molecule has 3 heteroatoms. The molecule has 1 atom stereocenters. The van der Waals surface area contributed by atoms with Crippen LogP contribution in [0.1, 0.15) is 44.9 Å². The maximum Gasteiger partial charge on any atom is 0.122 e. The summed E-state index contributed by atoms with van der Waals surface area (Å²) in [7, 11) is 2.17. The van der Waals surface area contributed by atoms with Crippen molar-refractivity contribution in [3.05, 3.63) is 23.7 Å². The lowest BCUT2D eigenvalue weighted by Crippen LogP contribution is -2.33.